The topological polar surface area (TPSA) is 109 Å². The molecule has 1 aliphatic carbocycles. The minimum absolute atomic E-state index is 0.0815. The Bertz CT molecular complexity index is 875. The Balaban J connectivity index is 1.65. The zero-order chi connectivity index (χ0) is 26.8. The van der Waals surface area contributed by atoms with Crippen LogP contribution in [0.25, 0.3) is 0 Å². The van der Waals surface area contributed by atoms with Gasteiger partial charge >= 0.3 is 0 Å². The first-order chi connectivity index (χ1) is 17.8. The van der Waals surface area contributed by atoms with E-state index in [-0.39, 0.29) is 42.3 Å². The summed E-state index contributed by atoms with van der Waals surface area (Å²) in [6.07, 6.45) is 3.23. The molecule has 37 heavy (non-hydrogen) atoms. The van der Waals surface area contributed by atoms with Crippen LogP contribution in [-0.4, -0.2) is 81.0 Å². The average Bonchev–Trinajstić information content (AvgIpc) is 3.74. The van der Waals surface area contributed by atoms with Gasteiger partial charge in [0, 0.05) is 32.8 Å². The predicted octanol–water partition coefficient (Wildman–Crippen LogP) is 2.10. The van der Waals surface area contributed by atoms with Gasteiger partial charge in [0.25, 0.3) is 0 Å². The maximum atomic E-state index is 13.7. The molecule has 1 aromatic rings. The molecular weight excluding hydrogens is 474 g/mol. The first-order valence-corrected chi connectivity index (χ1v) is 13.5. The van der Waals surface area contributed by atoms with Crippen molar-refractivity contribution in [1.82, 2.24) is 15.5 Å². The smallest absolute Gasteiger partial charge is 0.227 e. The number of amides is 2. The van der Waals surface area contributed by atoms with Crippen LogP contribution < -0.4 is 15.4 Å². The van der Waals surface area contributed by atoms with Gasteiger partial charge in [-0.05, 0) is 54.9 Å². The molecule has 9 heteroatoms. The average molecular weight is 520 g/mol. The van der Waals surface area contributed by atoms with Crippen LogP contribution in [0.4, 0.5) is 0 Å². The van der Waals surface area contributed by atoms with Gasteiger partial charge in [0.15, 0.2) is 0 Å². The number of carbonyl (C=O) groups excluding carboxylic acids is 2. The maximum Gasteiger partial charge on any atom is 0.227 e. The Morgan fingerprint density at radius 3 is 2.49 bits per heavy atom. The summed E-state index contributed by atoms with van der Waals surface area (Å²) in [4.78, 5) is 28.6. The first-order valence-electron chi connectivity index (χ1n) is 13.5. The number of aliphatic hydroxyl groups is 1. The van der Waals surface area contributed by atoms with Crippen molar-refractivity contribution >= 4 is 11.8 Å². The van der Waals surface area contributed by atoms with E-state index >= 15 is 0 Å². The molecule has 2 aliphatic rings. The number of methoxy groups -OCH3 is 2. The van der Waals surface area contributed by atoms with Gasteiger partial charge in [-0.2, -0.15) is 0 Å². The van der Waals surface area contributed by atoms with E-state index in [1.54, 1.807) is 14.2 Å². The highest BCUT2D eigenvalue weighted by Gasteiger charge is 2.39. The highest BCUT2D eigenvalue weighted by molar-refractivity contribution is 5.83. The third kappa shape index (κ3) is 9.25. The normalized spacial score (nSPS) is 20.5. The molecule has 1 aromatic carbocycles. The Kier molecular flexibility index (Phi) is 11.6. The van der Waals surface area contributed by atoms with E-state index < -0.39 is 0 Å². The lowest BCUT2D eigenvalue weighted by molar-refractivity contribution is -0.139. The Labute approximate surface area is 221 Å². The lowest BCUT2D eigenvalue weighted by Crippen LogP contribution is -2.51. The molecule has 1 saturated heterocycles. The second kappa shape index (κ2) is 14.7. The highest BCUT2D eigenvalue weighted by atomic mass is 16.5. The number of piperidine rings is 1. The zero-order valence-corrected chi connectivity index (χ0v) is 22.8. The lowest BCUT2D eigenvalue weighted by Gasteiger charge is -2.33. The first kappa shape index (κ1) is 29.4. The second-order valence-electron chi connectivity index (χ2n) is 10.7. The Hall–Kier alpha value is -2.20. The van der Waals surface area contributed by atoms with E-state index in [2.05, 4.69) is 30.5 Å². The molecule has 208 valence electrons. The van der Waals surface area contributed by atoms with Crippen molar-refractivity contribution in [2.45, 2.75) is 64.8 Å². The number of rotatable bonds is 15. The third-order valence-electron chi connectivity index (χ3n) is 6.98. The van der Waals surface area contributed by atoms with Crippen molar-refractivity contribution < 1.29 is 28.9 Å². The summed E-state index contributed by atoms with van der Waals surface area (Å²) in [5.41, 5.74) is 1.99. The summed E-state index contributed by atoms with van der Waals surface area (Å²) in [5.74, 6) is 0.560. The van der Waals surface area contributed by atoms with Gasteiger partial charge in [0.05, 0.1) is 51.4 Å². The number of nitrogens with one attached hydrogen (secondary N) is 2. The molecule has 1 unspecified atom stereocenters. The second-order valence-corrected chi connectivity index (χ2v) is 10.7. The summed E-state index contributed by atoms with van der Waals surface area (Å²) in [6, 6.07) is 5.97. The lowest BCUT2D eigenvalue weighted by atomic mass is 9.88. The predicted molar refractivity (Wildman–Crippen MR) is 141 cm³/mol. The molecule has 2 amide bonds. The van der Waals surface area contributed by atoms with Gasteiger partial charge in [-0.3, -0.25) is 9.59 Å². The Morgan fingerprint density at radius 1 is 1.11 bits per heavy atom. The molecule has 0 aromatic heterocycles. The number of aliphatic hydroxyl groups excluding tert-OH is 1. The van der Waals surface area contributed by atoms with Crippen LogP contribution in [-0.2, 0) is 32.2 Å². The van der Waals surface area contributed by atoms with Gasteiger partial charge < -0.3 is 34.9 Å². The molecule has 3 N–H and O–H groups in total. The number of hydrogen-bond donors (Lipinski definition) is 3. The molecule has 0 spiro atoms. The van der Waals surface area contributed by atoms with Gasteiger partial charge in [0.1, 0.15) is 5.75 Å². The molecule has 3 rings (SSSR count). The fraction of sp³-hybridized carbons (Fsp3) is 0.714. The number of hydrogen-bond acceptors (Lipinski definition) is 7. The van der Waals surface area contributed by atoms with E-state index in [1.165, 1.54) is 0 Å². The standard InChI is InChI=1S/C28H45N3O6/c1-19(2)9-24(17-32)30-27(33)22-13-23(15-29-14-22)28(34)31(25-5-6-25)16-20-10-21(12-26(11-20)36-4)18-37-8-7-35-3/h10-12,19,22-25,29,32H,5-9,13-18H2,1-4H3,(H,30,33)/t22-,23+,24?/m0/s1. The SMILES string of the molecule is COCCOCc1cc(CN(C(=O)[C@H]2CNC[C@@H](C(=O)NC(CO)CC(C)C)C2)C2CC2)cc(OC)c1. The number of nitrogens with zero attached hydrogens (tertiary/aromatic N) is 1. The summed E-state index contributed by atoms with van der Waals surface area (Å²) in [6.45, 7) is 7.15. The van der Waals surface area contributed by atoms with E-state index in [4.69, 9.17) is 14.2 Å². The van der Waals surface area contributed by atoms with Crippen molar-refractivity contribution in [2.24, 2.45) is 17.8 Å². The molecule has 0 radical (unpaired) electrons. The summed E-state index contributed by atoms with van der Waals surface area (Å²) < 4.78 is 16.2. The van der Waals surface area contributed by atoms with Gasteiger partial charge in [-0.25, -0.2) is 0 Å². The fourth-order valence-electron chi connectivity index (χ4n) is 4.95. The van der Waals surface area contributed by atoms with Crippen LogP contribution in [0.1, 0.15) is 50.7 Å². The molecule has 1 aliphatic heterocycles. The molecule has 1 saturated carbocycles. The molecule has 2 fully saturated rings. The maximum absolute atomic E-state index is 13.7. The highest BCUT2D eigenvalue weighted by Crippen LogP contribution is 2.32. The Morgan fingerprint density at radius 2 is 1.84 bits per heavy atom. The van der Waals surface area contributed by atoms with Crippen LogP contribution in [0.5, 0.6) is 5.75 Å². The van der Waals surface area contributed by atoms with E-state index in [1.807, 2.05) is 17.0 Å². The number of ether oxygens (including phenoxy) is 3. The monoisotopic (exact) mass is 519 g/mol. The largest absolute Gasteiger partial charge is 0.497 e. The van der Waals surface area contributed by atoms with E-state index in [0.717, 1.165) is 36.1 Å². The summed E-state index contributed by atoms with van der Waals surface area (Å²) in [5, 5.41) is 15.9. The van der Waals surface area contributed by atoms with E-state index in [9.17, 15) is 14.7 Å². The van der Waals surface area contributed by atoms with Gasteiger partial charge in [0.2, 0.25) is 11.8 Å². The molecule has 3 atom stereocenters. The summed E-state index contributed by atoms with van der Waals surface area (Å²) >= 11 is 0. The molecule has 1 heterocycles. The summed E-state index contributed by atoms with van der Waals surface area (Å²) in [7, 11) is 3.28. The van der Waals surface area contributed by atoms with Crippen molar-refractivity contribution in [3.63, 3.8) is 0 Å². The molecule has 0 bridgehead atoms. The van der Waals surface area contributed by atoms with Crippen molar-refractivity contribution in [3.8, 4) is 5.75 Å². The number of carbonyl (C=O) groups is 2. The minimum atomic E-state index is -0.294. The van der Waals surface area contributed by atoms with Crippen LogP contribution in [0.3, 0.4) is 0 Å². The van der Waals surface area contributed by atoms with E-state index in [0.29, 0.717) is 51.8 Å². The van der Waals surface area contributed by atoms with Gasteiger partial charge in [-0.1, -0.05) is 19.9 Å². The minimum Gasteiger partial charge on any atom is -0.497 e. The fourth-order valence-corrected chi connectivity index (χ4v) is 4.95. The van der Waals surface area contributed by atoms with Crippen LogP contribution in [0.2, 0.25) is 0 Å². The van der Waals surface area contributed by atoms with Crippen LogP contribution in [0.15, 0.2) is 18.2 Å². The zero-order valence-electron chi connectivity index (χ0n) is 22.8. The quantitative estimate of drug-likeness (QED) is 0.305. The van der Waals surface area contributed by atoms with Crippen LogP contribution in [0, 0.1) is 17.8 Å². The molecule has 9 nitrogen and oxygen atoms in total. The van der Waals surface area contributed by atoms with Crippen molar-refractivity contribution in [2.75, 3.05) is 47.1 Å². The van der Waals surface area contributed by atoms with Gasteiger partial charge in [-0.15, -0.1) is 0 Å². The number of benzene rings is 1. The van der Waals surface area contributed by atoms with Crippen molar-refractivity contribution in [3.05, 3.63) is 29.3 Å². The van der Waals surface area contributed by atoms with Crippen molar-refractivity contribution in [1.29, 1.82) is 0 Å². The van der Waals surface area contributed by atoms with Crippen LogP contribution >= 0.6 is 0 Å². The third-order valence-corrected chi connectivity index (χ3v) is 6.98. The molecular formula is C28H45N3O6.